The summed E-state index contributed by atoms with van der Waals surface area (Å²) in [6, 6.07) is 10.8. The number of carbonyl (C=O) groups excluding carboxylic acids is 1. The lowest BCUT2D eigenvalue weighted by atomic mass is 10.0. The van der Waals surface area contributed by atoms with Crippen molar-refractivity contribution in [2.24, 2.45) is 0 Å². The predicted octanol–water partition coefficient (Wildman–Crippen LogP) is 3.41. The first-order chi connectivity index (χ1) is 8.72. The van der Waals surface area contributed by atoms with Crippen molar-refractivity contribution in [2.75, 3.05) is 7.11 Å². The van der Waals surface area contributed by atoms with Crippen molar-refractivity contribution in [3.63, 3.8) is 0 Å². The van der Waals surface area contributed by atoms with Crippen molar-refractivity contribution in [1.82, 2.24) is 4.98 Å². The molecule has 18 heavy (non-hydrogen) atoms. The molecule has 0 spiro atoms. The Labute approximate surface area is 114 Å². The number of hydrogen-bond donors (Lipinski definition) is 0. The predicted molar refractivity (Wildman–Crippen MR) is 73.2 cm³/mol. The highest BCUT2D eigenvalue weighted by Gasteiger charge is 2.19. The van der Waals surface area contributed by atoms with E-state index in [0.717, 1.165) is 5.56 Å². The van der Waals surface area contributed by atoms with Crippen molar-refractivity contribution in [3.8, 4) is 5.75 Å². The van der Waals surface area contributed by atoms with Crippen molar-refractivity contribution in [3.05, 3.63) is 59.9 Å². The molecule has 2 aromatic rings. The number of ether oxygens (including phenoxy) is 1. The Morgan fingerprint density at radius 2 is 2.00 bits per heavy atom. The summed E-state index contributed by atoms with van der Waals surface area (Å²) in [5.41, 5.74) is 1.51. The van der Waals surface area contributed by atoms with Gasteiger partial charge in [0, 0.05) is 18.0 Å². The second kappa shape index (κ2) is 5.78. The molecule has 1 aromatic heterocycles. The summed E-state index contributed by atoms with van der Waals surface area (Å²) in [5.74, 6) is 0.676. The van der Waals surface area contributed by atoms with Crippen LogP contribution in [0.3, 0.4) is 0 Å². The van der Waals surface area contributed by atoms with E-state index in [1.807, 2.05) is 18.2 Å². The minimum absolute atomic E-state index is 0.0000926. The minimum atomic E-state index is -0.368. The molecule has 2 rings (SSSR count). The molecule has 1 heterocycles. The summed E-state index contributed by atoms with van der Waals surface area (Å²) in [4.78, 5) is 15.9. The van der Waals surface area contributed by atoms with E-state index in [9.17, 15) is 4.79 Å². The fourth-order valence-electron chi connectivity index (χ4n) is 1.61. The number of Topliss-reactive ketones (excluding diaryl/α,β-unsaturated/α-hetero) is 1. The van der Waals surface area contributed by atoms with E-state index in [1.54, 1.807) is 37.7 Å². The first-order valence-corrected chi connectivity index (χ1v) is 6.36. The molecule has 0 unspecified atom stereocenters. The maximum atomic E-state index is 12.3. The Morgan fingerprint density at radius 3 is 2.67 bits per heavy atom. The highest BCUT2D eigenvalue weighted by atomic mass is 79.9. The number of methoxy groups -OCH3 is 1. The third-order valence-electron chi connectivity index (χ3n) is 2.58. The van der Waals surface area contributed by atoms with Crippen LogP contribution < -0.4 is 4.74 Å². The van der Waals surface area contributed by atoms with Crippen molar-refractivity contribution >= 4 is 21.7 Å². The number of carbonyl (C=O) groups is 1. The summed E-state index contributed by atoms with van der Waals surface area (Å²) < 4.78 is 5.11. The average molecular weight is 306 g/mol. The van der Waals surface area contributed by atoms with Gasteiger partial charge in [0.1, 0.15) is 10.6 Å². The Balaban J connectivity index is 2.25. The van der Waals surface area contributed by atoms with Gasteiger partial charge in [-0.3, -0.25) is 9.78 Å². The molecule has 0 fully saturated rings. The third-order valence-corrected chi connectivity index (χ3v) is 3.53. The molecule has 0 radical (unpaired) electrons. The molecule has 0 saturated heterocycles. The maximum Gasteiger partial charge on any atom is 0.181 e. The lowest BCUT2D eigenvalue weighted by Gasteiger charge is -2.09. The van der Waals surface area contributed by atoms with Crippen LogP contribution in [0.1, 0.15) is 20.7 Å². The van der Waals surface area contributed by atoms with Crippen LogP contribution in [0.4, 0.5) is 0 Å². The van der Waals surface area contributed by atoms with Gasteiger partial charge in [0.25, 0.3) is 0 Å². The van der Waals surface area contributed by atoms with Crippen LogP contribution in [0.5, 0.6) is 5.75 Å². The van der Waals surface area contributed by atoms with Crippen LogP contribution in [-0.2, 0) is 0 Å². The van der Waals surface area contributed by atoms with E-state index in [1.165, 1.54) is 0 Å². The molecule has 0 saturated carbocycles. The first kappa shape index (κ1) is 12.8. The molecular weight excluding hydrogens is 294 g/mol. The fraction of sp³-hybridized carbons (Fsp3) is 0.143. The Kier molecular flexibility index (Phi) is 4.10. The van der Waals surface area contributed by atoms with Gasteiger partial charge in [0.15, 0.2) is 5.78 Å². The van der Waals surface area contributed by atoms with E-state index in [0.29, 0.717) is 11.3 Å². The van der Waals surface area contributed by atoms with Gasteiger partial charge in [-0.05, 0) is 29.8 Å². The standard InChI is InChI=1S/C14H12BrNO2/c1-18-12-4-2-3-11(9-12)14(17)13(15)10-5-7-16-8-6-10/h2-9,13H,1H3/t13-/m1/s1. The molecule has 4 heteroatoms. The van der Waals surface area contributed by atoms with Crippen LogP contribution in [0.2, 0.25) is 0 Å². The number of alkyl halides is 1. The van der Waals surface area contributed by atoms with Gasteiger partial charge in [-0.15, -0.1) is 0 Å². The number of ketones is 1. The monoisotopic (exact) mass is 305 g/mol. The summed E-state index contributed by atoms with van der Waals surface area (Å²) in [5, 5.41) is 0. The Hall–Kier alpha value is -1.68. The number of hydrogen-bond acceptors (Lipinski definition) is 3. The molecule has 92 valence electrons. The average Bonchev–Trinajstić information content (AvgIpc) is 2.46. The summed E-state index contributed by atoms with van der Waals surface area (Å²) in [7, 11) is 1.58. The lowest BCUT2D eigenvalue weighted by molar-refractivity contribution is 0.0991. The van der Waals surface area contributed by atoms with Crippen LogP contribution in [0.25, 0.3) is 0 Å². The number of rotatable bonds is 4. The number of aromatic nitrogens is 1. The van der Waals surface area contributed by atoms with Gasteiger partial charge in [0.05, 0.1) is 7.11 Å². The smallest absolute Gasteiger partial charge is 0.181 e. The Bertz CT molecular complexity index is 543. The topological polar surface area (TPSA) is 39.2 Å². The quantitative estimate of drug-likeness (QED) is 0.642. The number of nitrogens with zero attached hydrogens (tertiary/aromatic N) is 1. The van der Waals surface area contributed by atoms with Crippen LogP contribution in [0, 0.1) is 0 Å². The zero-order valence-electron chi connectivity index (χ0n) is 9.84. The molecule has 0 bridgehead atoms. The second-order valence-corrected chi connectivity index (χ2v) is 4.65. The van der Waals surface area contributed by atoms with E-state index in [4.69, 9.17) is 4.74 Å². The molecule has 1 atom stereocenters. The van der Waals surface area contributed by atoms with Crippen LogP contribution in [0.15, 0.2) is 48.8 Å². The molecule has 0 N–H and O–H groups in total. The minimum Gasteiger partial charge on any atom is -0.497 e. The Morgan fingerprint density at radius 1 is 1.28 bits per heavy atom. The molecule has 0 aliphatic carbocycles. The van der Waals surface area contributed by atoms with E-state index in [-0.39, 0.29) is 10.6 Å². The largest absolute Gasteiger partial charge is 0.497 e. The van der Waals surface area contributed by atoms with Crippen molar-refractivity contribution in [2.45, 2.75) is 4.83 Å². The highest BCUT2D eigenvalue weighted by Crippen LogP contribution is 2.27. The molecule has 0 amide bonds. The van der Waals surface area contributed by atoms with Crippen LogP contribution >= 0.6 is 15.9 Å². The zero-order valence-corrected chi connectivity index (χ0v) is 11.4. The third kappa shape index (κ3) is 2.76. The summed E-state index contributed by atoms with van der Waals surface area (Å²) >= 11 is 3.42. The molecule has 0 aliphatic heterocycles. The molecular formula is C14H12BrNO2. The summed E-state index contributed by atoms with van der Waals surface area (Å²) in [6.07, 6.45) is 3.34. The van der Waals surface area contributed by atoms with E-state index >= 15 is 0 Å². The van der Waals surface area contributed by atoms with E-state index in [2.05, 4.69) is 20.9 Å². The number of halogens is 1. The van der Waals surface area contributed by atoms with Crippen molar-refractivity contribution in [1.29, 1.82) is 0 Å². The zero-order chi connectivity index (χ0) is 13.0. The van der Waals surface area contributed by atoms with Crippen molar-refractivity contribution < 1.29 is 9.53 Å². The molecule has 1 aromatic carbocycles. The molecule has 3 nitrogen and oxygen atoms in total. The van der Waals surface area contributed by atoms with Gasteiger partial charge < -0.3 is 4.74 Å². The van der Waals surface area contributed by atoms with Crippen LogP contribution in [-0.4, -0.2) is 17.9 Å². The highest BCUT2D eigenvalue weighted by molar-refractivity contribution is 9.09. The number of benzene rings is 1. The second-order valence-electron chi connectivity index (χ2n) is 3.74. The summed E-state index contributed by atoms with van der Waals surface area (Å²) in [6.45, 7) is 0. The van der Waals surface area contributed by atoms with Gasteiger partial charge in [-0.2, -0.15) is 0 Å². The lowest BCUT2D eigenvalue weighted by Crippen LogP contribution is -2.07. The fourth-order valence-corrected chi connectivity index (χ4v) is 2.18. The number of pyridine rings is 1. The van der Waals surface area contributed by atoms with Gasteiger partial charge in [-0.25, -0.2) is 0 Å². The first-order valence-electron chi connectivity index (χ1n) is 5.44. The van der Waals surface area contributed by atoms with Gasteiger partial charge in [0.2, 0.25) is 0 Å². The van der Waals surface area contributed by atoms with Gasteiger partial charge >= 0.3 is 0 Å². The SMILES string of the molecule is COc1cccc(C(=O)[C@H](Br)c2ccncc2)c1. The molecule has 0 aliphatic rings. The normalized spacial score (nSPS) is 11.9. The maximum absolute atomic E-state index is 12.3. The van der Waals surface area contributed by atoms with E-state index < -0.39 is 0 Å². The van der Waals surface area contributed by atoms with Gasteiger partial charge in [-0.1, -0.05) is 28.1 Å².